The van der Waals surface area contributed by atoms with Gasteiger partial charge in [-0.05, 0) is 84.4 Å². The average Bonchev–Trinajstić information content (AvgIpc) is 3.29. The number of nitrogens with one attached hydrogen (secondary N) is 3. The van der Waals surface area contributed by atoms with Crippen LogP contribution >= 0.6 is 69.6 Å². The van der Waals surface area contributed by atoms with Crippen LogP contribution in [0.3, 0.4) is 0 Å². The van der Waals surface area contributed by atoms with Crippen LogP contribution in [0.1, 0.15) is 48.8 Å². The van der Waals surface area contributed by atoms with Gasteiger partial charge < -0.3 is 11.1 Å². The Morgan fingerprint density at radius 3 is 1.40 bits per heavy atom. The van der Waals surface area contributed by atoms with Crippen molar-refractivity contribution in [2.75, 3.05) is 29.3 Å². The van der Waals surface area contributed by atoms with E-state index in [9.17, 15) is 57.6 Å². The van der Waals surface area contributed by atoms with E-state index >= 15 is 0 Å². The van der Waals surface area contributed by atoms with Crippen molar-refractivity contribution in [2.24, 2.45) is 4.99 Å². The predicted octanol–water partition coefficient (Wildman–Crippen LogP) is 11.0. The maximum atomic E-state index is 13.3. The highest BCUT2D eigenvalue weighted by Gasteiger charge is 2.36. The van der Waals surface area contributed by atoms with Gasteiger partial charge in [-0.15, -0.1) is 0 Å². The minimum atomic E-state index is -4.90. The second-order valence-electron chi connectivity index (χ2n) is 14.0. The van der Waals surface area contributed by atoms with Crippen molar-refractivity contribution in [3.05, 3.63) is 167 Å². The molecule has 1 amide bonds. The van der Waals surface area contributed by atoms with Crippen LogP contribution in [0.25, 0.3) is 0 Å². The quantitative estimate of drug-likeness (QED) is 0.0296. The number of ketones is 2. The molecule has 0 radical (unpaired) electrons. The number of aliphatic imine (C=N–C) groups is 1. The second kappa shape index (κ2) is 24.1. The summed E-state index contributed by atoms with van der Waals surface area (Å²) in [4.78, 5) is 56.0. The standard InChI is InChI=1S/C22H15Cl3F3N3O4S.C19H11Cl3F3N3O3S.C2H3NO/c1-29-19(32)7-11-2-4-16(24)14(6-11)21(33)20-18(8-12(23)10-30-20)31-36(34,35)13-3-5-17(25)15(9-13)22(26,27)28;20-9-5-16(17(27-8-9)18(29)12-6-10(26)1-3-14(12)21)28-32(30,31)11-2-4-15(22)13(7-11)19(23,24)25;1-3-2-4/h2-6,8-10,31H,7H2,1H3,(H,29,32);1-8,28H,26H2;1H3. The minimum Gasteiger partial charge on any atom is -0.399 e. The van der Waals surface area contributed by atoms with E-state index in [4.69, 9.17) is 80.1 Å². The molecule has 6 rings (SSSR count). The summed E-state index contributed by atoms with van der Waals surface area (Å²) in [5.41, 5.74) is 1.91. The predicted molar refractivity (Wildman–Crippen MR) is 259 cm³/mol. The van der Waals surface area contributed by atoms with E-state index in [0.717, 1.165) is 48.8 Å². The Morgan fingerprint density at radius 1 is 0.625 bits per heavy atom. The molecule has 5 N–H and O–H groups in total. The summed E-state index contributed by atoms with van der Waals surface area (Å²) < 4.78 is 135. The Bertz CT molecular complexity index is 3370. The first-order valence-electron chi connectivity index (χ1n) is 19.1. The highest BCUT2D eigenvalue weighted by atomic mass is 35.5. The normalized spacial score (nSPS) is 11.4. The van der Waals surface area contributed by atoms with Crippen LogP contribution in [0.15, 0.2) is 112 Å². The van der Waals surface area contributed by atoms with E-state index < -0.39 is 92.0 Å². The van der Waals surface area contributed by atoms with Crippen molar-refractivity contribution in [3.8, 4) is 0 Å². The zero-order valence-electron chi connectivity index (χ0n) is 36.0. The number of anilines is 3. The number of hydrogen-bond acceptors (Lipinski definition) is 12. The molecule has 2 aromatic heterocycles. The summed E-state index contributed by atoms with van der Waals surface area (Å²) in [5.74, 6) is -1.93. The Morgan fingerprint density at radius 2 is 1.01 bits per heavy atom. The molecule has 0 fully saturated rings. The molecule has 0 bridgehead atoms. The number of benzene rings is 4. The van der Waals surface area contributed by atoms with Crippen LogP contribution in [-0.2, 0) is 48.4 Å². The van der Waals surface area contributed by atoms with Crippen molar-refractivity contribution in [2.45, 2.75) is 28.6 Å². The summed E-state index contributed by atoms with van der Waals surface area (Å²) in [5, 5.41) is 1.01. The number of sulfonamides is 2. The molecule has 6 aromatic rings. The lowest BCUT2D eigenvalue weighted by Gasteiger charge is -2.15. The Hall–Kier alpha value is -6.01. The number of halogens is 12. The molecule has 0 aliphatic carbocycles. The SMILES string of the molecule is CN=C=O.CNC(=O)Cc1ccc(Cl)c(C(=O)c2ncc(Cl)cc2NS(=O)(=O)c2ccc(Cl)c(C(F)(F)F)c2)c1.Nc1ccc(Cl)c(C(=O)c2ncc(Cl)cc2NS(=O)(=O)c2ccc(Cl)c(C(F)(F)F)c2)c1. The third-order valence-corrected chi connectivity index (χ3v) is 13.4. The number of likely N-dealkylation sites (N-methyl/N-ethyl adjacent to an activating group) is 1. The van der Waals surface area contributed by atoms with Gasteiger partial charge in [0, 0.05) is 43.3 Å². The van der Waals surface area contributed by atoms with Crippen LogP contribution < -0.4 is 20.5 Å². The Balaban J connectivity index is 0.000000292. The molecule has 0 unspecified atom stereocenters. The number of alkyl halides is 6. The fraction of sp³-hybridized carbons (Fsp3) is 0.116. The lowest BCUT2D eigenvalue weighted by Crippen LogP contribution is -2.20. The molecule has 380 valence electrons. The van der Waals surface area contributed by atoms with Gasteiger partial charge in [0.1, 0.15) is 11.4 Å². The number of nitrogen functional groups attached to an aromatic ring is 1. The number of hydrogen-bond donors (Lipinski definition) is 4. The van der Waals surface area contributed by atoms with Gasteiger partial charge in [0.15, 0.2) is 0 Å². The number of amides is 1. The number of pyridine rings is 2. The maximum Gasteiger partial charge on any atom is 0.417 e. The maximum absolute atomic E-state index is 13.3. The summed E-state index contributed by atoms with van der Waals surface area (Å²) in [6, 6.07) is 14.6. The van der Waals surface area contributed by atoms with Gasteiger partial charge in [-0.3, -0.25) is 23.8 Å². The number of carbonyl (C=O) groups excluding carboxylic acids is 4. The van der Waals surface area contributed by atoms with Crippen LogP contribution in [0.5, 0.6) is 0 Å². The largest absolute Gasteiger partial charge is 0.417 e. The highest BCUT2D eigenvalue weighted by Crippen LogP contribution is 2.38. The van der Waals surface area contributed by atoms with Crippen molar-refractivity contribution in [1.29, 1.82) is 0 Å². The number of isocyanates is 1. The topological polar surface area (TPSA) is 237 Å². The van der Waals surface area contributed by atoms with Crippen molar-refractivity contribution in [3.63, 3.8) is 0 Å². The van der Waals surface area contributed by atoms with Gasteiger partial charge in [-0.25, -0.2) is 36.6 Å². The monoisotopic (exact) mass is 1160 g/mol. The molecule has 2 heterocycles. The number of carbonyl (C=O) groups is 3. The van der Waals surface area contributed by atoms with Crippen LogP contribution in [-0.4, -0.2) is 64.5 Å². The number of nitrogens with zero attached hydrogens (tertiary/aromatic N) is 3. The molecule has 0 aliphatic rings. The number of nitrogens with two attached hydrogens (primary N) is 1. The Kier molecular flexibility index (Phi) is 19.6. The zero-order valence-corrected chi connectivity index (χ0v) is 42.2. The minimum absolute atomic E-state index is 0.00117. The van der Waals surface area contributed by atoms with E-state index in [-0.39, 0.29) is 54.9 Å². The third-order valence-electron chi connectivity index (χ3n) is 8.98. The first-order valence-corrected chi connectivity index (χ1v) is 24.4. The summed E-state index contributed by atoms with van der Waals surface area (Å²) in [6.45, 7) is 0. The summed E-state index contributed by atoms with van der Waals surface area (Å²) in [7, 11) is -6.43. The van der Waals surface area contributed by atoms with Gasteiger partial charge >= 0.3 is 12.4 Å². The molecule has 0 atom stereocenters. The number of rotatable bonds is 12. The molecular formula is C43H29Cl6F6N7O8S2. The van der Waals surface area contributed by atoms with E-state index in [1.165, 1.54) is 56.6 Å². The number of aromatic nitrogens is 2. The molecular weight excluding hydrogens is 1130 g/mol. The first kappa shape index (κ1) is 58.6. The van der Waals surface area contributed by atoms with Crippen LogP contribution in [0, 0.1) is 0 Å². The Labute approximate surface area is 434 Å². The zero-order chi connectivity index (χ0) is 54.1. The second-order valence-corrected chi connectivity index (χ2v) is 19.8. The molecule has 0 spiro atoms. The van der Waals surface area contributed by atoms with E-state index in [2.05, 4.69) is 25.0 Å². The molecule has 29 heteroatoms. The molecule has 4 aromatic carbocycles. The molecule has 0 aliphatic heterocycles. The summed E-state index contributed by atoms with van der Waals surface area (Å²) >= 11 is 35.1. The van der Waals surface area contributed by atoms with Gasteiger partial charge in [-0.2, -0.15) is 26.3 Å². The molecule has 0 saturated heterocycles. The molecule has 72 heavy (non-hydrogen) atoms. The van der Waals surface area contributed by atoms with Crippen molar-refractivity contribution in [1.82, 2.24) is 15.3 Å². The fourth-order valence-corrected chi connectivity index (χ4v) is 9.02. The van der Waals surface area contributed by atoms with E-state index in [1.807, 2.05) is 4.72 Å². The third kappa shape index (κ3) is 15.3. The lowest BCUT2D eigenvalue weighted by atomic mass is 10.0. The van der Waals surface area contributed by atoms with Gasteiger partial charge in [0.2, 0.25) is 23.6 Å². The van der Waals surface area contributed by atoms with Gasteiger partial charge in [0.05, 0.1) is 68.8 Å². The van der Waals surface area contributed by atoms with Crippen LogP contribution in [0.4, 0.5) is 43.4 Å². The van der Waals surface area contributed by atoms with Crippen molar-refractivity contribution < 1.29 is 62.4 Å². The lowest BCUT2D eigenvalue weighted by molar-refractivity contribution is -0.138. The smallest absolute Gasteiger partial charge is 0.399 e. The van der Waals surface area contributed by atoms with E-state index in [0.29, 0.717) is 17.7 Å². The highest BCUT2D eigenvalue weighted by molar-refractivity contribution is 7.93. The van der Waals surface area contributed by atoms with Crippen molar-refractivity contribution >= 4 is 130 Å². The molecule has 15 nitrogen and oxygen atoms in total. The average molecular weight is 1160 g/mol. The first-order chi connectivity index (χ1) is 33.4. The van der Waals surface area contributed by atoms with Gasteiger partial charge in [0.25, 0.3) is 20.0 Å². The van der Waals surface area contributed by atoms with Gasteiger partial charge in [-0.1, -0.05) is 75.7 Å². The molecule has 0 saturated carbocycles. The van der Waals surface area contributed by atoms with E-state index in [1.54, 1.807) is 0 Å². The summed E-state index contributed by atoms with van der Waals surface area (Å²) in [6.07, 6.45) is -6.36. The fourth-order valence-electron chi connectivity index (χ4n) is 5.68. The van der Waals surface area contributed by atoms with Crippen LogP contribution in [0.2, 0.25) is 30.1 Å².